The number of thioether (sulfide) groups is 1. The van der Waals surface area contributed by atoms with Gasteiger partial charge < -0.3 is 10.4 Å². The zero-order valence-electron chi connectivity index (χ0n) is 10.8. The summed E-state index contributed by atoms with van der Waals surface area (Å²) in [4.78, 5) is 22.8. The molecule has 1 aromatic rings. The minimum atomic E-state index is -2.74. The van der Waals surface area contributed by atoms with Crippen LogP contribution in [0.1, 0.15) is 29.4 Å². The SMILES string of the molecule is O=C(N[C@@H]1CS[C@H](C(=O)O)C1)c1ccn(C2CC2(F)F)n1. The lowest BCUT2D eigenvalue weighted by Gasteiger charge is -2.10. The second-order valence-corrected chi connectivity index (χ2v) is 6.46. The summed E-state index contributed by atoms with van der Waals surface area (Å²) >= 11 is 1.28. The van der Waals surface area contributed by atoms with Crippen molar-refractivity contribution in [3.63, 3.8) is 0 Å². The maximum Gasteiger partial charge on any atom is 0.316 e. The van der Waals surface area contributed by atoms with E-state index in [4.69, 9.17) is 5.11 Å². The second kappa shape index (κ2) is 4.97. The number of carbonyl (C=O) groups is 2. The molecule has 2 fully saturated rings. The van der Waals surface area contributed by atoms with Crippen LogP contribution < -0.4 is 5.32 Å². The van der Waals surface area contributed by atoms with Crippen molar-refractivity contribution in [2.24, 2.45) is 0 Å². The highest BCUT2D eigenvalue weighted by atomic mass is 32.2. The summed E-state index contributed by atoms with van der Waals surface area (Å²) in [6.07, 6.45) is 1.46. The van der Waals surface area contributed by atoms with Crippen molar-refractivity contribution >= 4 is 23.6 Å². The van der Waals surface area contributed by atoms with E-state index in [2.05, 4.69) is 10.4 Å². The fourth-order valence-corrected chi connectivity index (χ4v) is 3.47. The molecule has 1 saturated carbocycles. The highest BCUT2D eigenvalue weighted by Gasteiger charge is 2.59. The van der Waals surface area contributed by atoms with Crippen LogP contribution in [0.4, 0.5) is 8.78 Å². The number of carboxylic acids is 1. The minimum Gasteiger partial charge on any atom is -0.480 e. The summed E-state index contributed by atoms with van der Waals surface area (Å²) in [5.41, 5.74) is 0.0708. The van der Waals surface area contributed by atoms with Gasteiger partial charge in [-0.3, -0.25) is 14.3 Å². The topological polar surface area (TPSA) is 84.2 Å². The molecule has 2 heterocycles. The molecule has 114 valence electrons. The number of amides is 1. The van der Waals surface area contributed by atoms with Gasteiger partial charge in [0.15, 0.2) is 0 Å². The fraction of sp³-hybridized carbons (Fsp3) is 0.583. The minimum absolute atomic E-state index is 0.0708. The average Bonchev–Trinajstić information content (AvgIpc) is 2.86. The van der Waals surface area contributed by atoms with E-state index in [9.17, 15) is 18.4 Å². The fourth-order valence-electron chi connectivity index (χ4n) is 2.28. The first kappa shape index (κ1) is 14.3. The summed E-state index contributed by atoms with van der Waals surface area (Å²) in [5, 5.41) is 14.9. The maximum atomic E-state index is 12.9. The molecule has 0 radical (unpaired) electrons. The number of hydrogen-bond donors (Lipinski definition) is 2. The molecule has 0 aromatic carbocycles. The Kier molecular flexibility index (Phi) is 3.39. The molecular formula is C12H13F2N3O3S. The molecule has 0 bridgehead atoms. The Balaban J connectivity index is 1.58. The Morgan fingerprint density at radius 2 is 2.24 bits per heavy atom. The van der Waals surface area contributed by atoms with Gasteiger partial charge in [-0.25, -0.2) is 8.78 Å². The predicted octanol–water partition coefficient (Wildman–Crippen LogP) is 1.15. The van der Waals surface area contributed by atoms with Gasteiger partial charge in [-0.1, -0.05) is 0 Å². The Bertz CT molecular complexity index is 592. The van der Waals surface area contributed by atoms with E-state index >= 15 is 0 Å². The molecule has 1 saturated heterocycles. The van der Waals surface area contributed by atoms with E-state index in [0.29, 0.717) is 12.2 Å². The van der Waals surface area contributed by atoms with Crippen LogP contribution in [-0.2, 0) is 4.79 Å². The zero-order chi connectivity index (χ0) is 15.2. The summed E-state index contributed by atoms with van der Waals surface area (Å²) in [6.45, 7) is 0. The van der Waals surface area contributed by atoms with Crippen LogP contribution in [0.3, 0.4) is 0 Å². The molecule has 1 unspecified atom stereocenters. The van der Waals surface area contributed by atoms with Crippen molar-refractivity contribution < 1.29 is 23.5 Å². The molecule has 0 spiro atoms. The zero-order valence-corrected chi connectivity index (χ0v) is 11.6. The largest absolute Gasteiger partial charge is 0.480 e. The van der Waals surface area contributed by atoms with Crippen LogP contribution in [0.25, 0.3) is 0 Å². The van der Waals surface area contributed by atoms with E-state index in [0.717, 1.165) is 4.68 Å². The molecule has 2 aliphatic rings. The van der Waals surface area contributed by atoms with E-state index in [1.807, 2.05) is 0 Å². The number of nitrogens with one attached hydrogen (secondary N) is 1. The van der Waals surface area contributed by atoms with Gasteiger partial charge in [-0.2, -0.15) is 5.10 Å². The molecule has 1 aromatic heterocycles. The highest BCUT2D eigenvalue weighted by Crippen LogP contribution is 2.52. The normalized spacial score (nSPS) is 30.1. The predicted molar refractivity (Wildman–Crippen MR) is 70.6 cm³/mol. The van der Waals surface area contributed by atoms with Gasteiger partial charge in [0.2, 0.25) is 0 Å². The third-order valence-electron chi connectivity index (χ3n) is 3.56. The van der Waals surface area contributed by atoms with Crippen LogP contribution in [0.2, 0.25) is 0 Å². The number of aromatic nitrogens is 2. The molecule has 3 rings (SSSR count). The lowest BCUT2D eigenvalue weighted by atomic mass is 10.2. The number of rotatable bonds is 4. The van der Waals surface area contributed by atoms with E-state index in [-0.39, 0.29) is 18.2 Å². The number of hydrogen-bond acceptors (Lipinski definition) is 4. The summed E-state index contributed by atoms with van der Waals surface area (Å²) < 4.78 is 26.9. The summed E-state index contributed by atoms with van der Waals surface area (Å²) in [6, 6.07) is 0.189. The maximum absolute atomic E-state index is 12.9. The Hall–Kier alpha value is -1.64. The highest BCUT2D eigenvalue weighted by molar-refractivity contribution is 8.00. The Morgan fingerprint density at radius 1 is 1.52 bits per heavy atom. The van der Waals surface area contributed by atoms with Gasteiger partial charge in [0.25, 0.3) is 11.8 Å². The Morgan fingerprint density at radius 3 is 2.81 bits per heavy atom. The third kappa shape index (κ3) is 2.87. The van der Waals surface area contributed by atoms with Gasteiger partial charge in [0, 0.05) is 24.4 Å². The number of nitrogens with zero attached hydrogens (tertiary/aromatic N) is 2. The number of halogens is 2. The van der Waals surface area contributed by atoms with Gasteiger partial charge >= 0.3 is 5.97 Å². The van der Waals surface area contributed by atoms with Crippen molar-refractivity contribution in [3.05, 3.63) is 18.0 Å². The molecule has 1 aliphatic heterocycles. The lowest BCUT2D eigenvalue weighted by Crippen LogP contribution is -2.35. The number of carboxylic acid groups (broad SMARTS) is 1. The van der Waals surface area contributed by atoms with Gasteiger partial charge in [-0.15, -0.1) is 11.8 Å². The third-order valence-corrected chi connectivity index (χ3v) is 4.95. The molecule has 9 heteroatoms. The first-order valence-electron chi connectivity index (χ1n) is 6.45. The Labute approximate surface area is 122 Å². The smallest absolute Gasteiger partial charge is 0.316 e. The van der Waals surface area contributed by atoms with Gasteiger partial charge in [0.1, 0.15) is 17.0 Å². The first-order chi connectivity index (χ1) is 9.87. The van der Waals surface area contributed by atoms with Crippen molar-refractivity contribution in [1.29, 1.82) is 0 Å². The molecule has 2 N–H and O–H groups in total. The lowest BCUT2D eigenvalue weighted by molar-refractivity contribution is -0.136. The van der Waals surface area contributed by atoms with Crippen molar-refractivity contribution in [2.45, 2.75) is 36.1 Å². The van der Waals surface area contributed by atoms with Gasteiger partial charge in [0.05, 0.1) is 0 Å². The standard InChI is InChI=1S/C12H13F2N3O3S/c13-12(14)4-9(12)17-2-1-7(16-17)10(18)15-6-3-8(11(19)20)21-5-6/h1-2,6,8-9H,3-5H2,(H,15,18)(H,19,20)/t6-,8-,9?/m0/s1. The molecule has 1 amide bonds. The van der Waals surface area contributed by atoms with E-state index in [1.165, 1.54) is 24.0 Å². The molecule has 3 atom stereocenters. The van der Waals surface area contributed by atoms with Crippen molar-refractivity contribution in [2.75, 3.05) is 5.75 Å². The van der Waals surface area contributed by atoms with Crippen LogP contribution in [0.5, 0.6) is 0 Å². The molecular weight excluding hydrogens is 304 g/mol. The van der Waals surface area contributed by atoms with Crippen LogP contribution in [-0.4, -0.2) is 49.7 Å². The van der Waals surface area contributed by atoms with Gasteiger partial charge in [-0.05, 0) is 12.5 Å². The first-order valence-corrected chi connectivity index (χ1v) is 7.50. The van der Waals surface area contributed by atoms with Crippen LogP contribution in [0, 0.1) is 0 Å². The summed E-state index contributed by atoms with van der Waals surface area (Å²) in [7, 11) is 0. The van der Waals surface area contributed by atoms with E-state index in [1.54, 1.807) is 0 Å². The average molecular weight is 317 g/mol. The molecule has 21 heavy (non-hydrogen) atoms. The van der Waals surface area contributed by atoms with E-state index < -0.39 is 29.1 Å². The second-order valence-electron chi connectivity index (χ2n) is 5.23. The molecule has 1 aliphatic carbocycles. The van der Waals surface area contributed by atoms with Crippen molar-refractivity contribution in [3.8, 4) is 0 Å². The van der Waals surface area contributed by atoms with Crippen molar-refractivity contribution in [1.82, 2.24) is 15.1 Å². The number of carbonyl (C=O) groups excluding carboxylic acids is 1. The monoisotopic (exact) mass is 317 g/mol. The number of aliphatic carboxylic acids is 1. The summed E-state index contributed by atoms with van der Waals surface area (Å²) in [5.74, 6) is -3.58. The van der Waals surface area contributed by atoms with Crippen LogP contribution in [0.15, 0.2) is 12.3 Å². The quantitative estimate of drug-likeness (QED) is 0.870. The van der Waals surface area contributed by atoms with Crippen LogP contribution >= 0.6 is 11.8 Å². The number of alkyl halides is 2. The molecule has 6 nitrogen and oxygen atoms in total.